The standard InChI is InChI=1S/C16H22N2O2/c1-13(16-8-5-10-20-16)17-14-6-4-7-15(12-14)19-11-9-18(2)3/h4-8,10,12-13,17H,9,11H2,1-3H3. The van der Waals surface area contributed by atoms with Crippen LogP contribution < -0.4 is 10.1 Å². The first kappa shape index (κ1) is 14.5. The predicted molar refractivity (Wildman–Crippen MR) is 81.2 cm³/mol. The van der Waals surface area contributed by atoms with Gasteiger partial charge in [-0.05, 0) is 45.3 Å². The molecule has 2 rings (SSSR count). The van der Waals surface area contributed by atoms with Crippen molar-refractivity contribution in [3.05, 3.63) is 48.4 Å². The summed E-state index contributed by atoms with van der Waals surface area (Å²) in [5.41, 5.74) is 1.02. The van der Waals surface area contributed by atoms with E-state index in [-0.39, 0.29) is 6.04 Å². The van der Waals surface area contributed by atoms with Crippen LogP contribution in [0.15, 0.2) is 47.1 Å². The lowest BCUT2D eigenvalue weighted by Gasteiger charge is -2.15. The topological polar surface area (TPSA) is 37.6 Å². The highest BCUT2D eigenvalue weighted by atomic mass is 16.5. The molecule has 0 bridgehead atoms. The Morgan fingerprint density at radius 1 is 1.25 bits per heavy atom. The molecule has 1 aromatic heterocycles. The molecule has 1 N–H and O–H groups in total. The second kappa shape index (κ2) is 7.01. The van der Waals surface area contributed by atoms with E-state index in [1.807, 2.05) is 50.5 Å². The summed E-state index contributed by atoms with van der Waals surface area (Å²) in [6.45, 7) is 3.66. The van der Waals surface area contributed by atoms with Crippen molar-refractivity contribution in [3.8, 4) is 5.75 Å². The molecule has 0 aliphatic rings. The van der Waals surface area contributed by atoms with Gasteiger partial charge >= 0.3 is 0 Å². The highest BCUT2D eigenvalue weighted by Crippen LogP contribution is 2.23. The summed E-state index contributed by atoms with van der Waals surface area (Å²) in [5.74, 6) is 1.80. The lowest BCUT2D eigenvalue weighted by Crippen LogP contribution is -2.19. The van der Waals surface area contributed by atoms with Gasteiger partial charge in [0.15, 0.2) is 0 Å². The second-order valence-corrected chi connectivity index (χ2v) is 5.06. The largest absolute Gasteiger partial charge is 0.492 e. The Balaban J connectivity index is 1.92. The number of anilines is 1. The maximum atomic E-state index is 5.72. The van der Waals surface area contributed by atoms with E-state index in [0.29, 0.717) is 6.61 Å². The number of nitrogens with one attached hydrogen (secondary N) is 1. The third-order valence-electron chi connectivity index (χ3n) is 2.99. The molecule has 1 aromatic carbocycles. The maximum Gasteiger partial charge on any atom is 0.125 e. The highest BCUT2D eigenvalue weighted by Gasteiger charge is 2.08. The SMILES string of the molecule is CC(Nc1cccc(OCCN(C)C)c1)c1ccco1. The molecule has 20 heavy (non-hydrogen) atoms. The van der Waals surface area contributed by atoms with Gasteiger partial charge in [0.05, 0.1) is 12.3 Å². The van der Waals surface area contributed by atoms with E-state index in [1.165, 1.54) is 0 Å². The molecule has 0 saturated heterocycles. The number of nitrogens with zero attached hydrogens (tertiary/aromatic N) is 1. The number of hydrogen-bond acceptors (Lipinski definition) is 4. The third kappa shape index (κ3) is 4.31. The monoisotopic (exact) mass is 274 g/mol. The van der Waals surface area contributed by atoms with E-state index >= 15 is 0 Å². The Labute approximate surface area is 120 Å². The average Bonchev–Trinajstić information content (AvgIpc) is 2.92. The first-order chi connectivity index (χ1) is 9.65. The minimum Gasteiger partial charge on any atom is -0.492 e. The Bertz CT molecular complexity index is 509. The van der Waals surface area contributed by atoms with Gasteiger partial charge in [-0.25, -0.2) is 0 Å². The van der Waals surface area contributed by atoms with Crippen LogP contribution in [0.4, 0.5) is 5.69 Å². The van der Waals surface area contributed by atoms with Gasteiger partial charge in [-0.15, -0.1) is 0 Å². The van der Waals surface area contributed by atoms with Crippen molar-refractivity contribution < 1.29 is 9.15 Å². The van der Waals surface area contributed by atoms with E-state index in [4.69, 9.17) is 9.15 Å². The minimum atomic E-state index is 0.127. The molecule has 4 nitrogen and oxygen atoms in total. The molecule has 1 atom stereocenters. The van der Waals surface area contributed by atoms with Crippen LogP contribution in [-0.4, -0.2) is 32.1 Å². The van der Waals surface area contributed by atoms with E-state index in [1.54, 1.807) is 6.26 Å². The molecule has 0 saturated carbocycles. The van der Waals surface area contributed by atoms with Gasteiger partial charge in [-0.3, -0.25) is 0 Å². The summed E-state index contributed by atoms with van der Waals surface area (Å²) >= 11 is 0. The Hall–Kier alpha value is -1.94. The molecule has 0 amide bonds. The van der Waals surface area contributed by atoms with E-state index in [0.717, 1.165) is 23.7 Å². The summed E-state index contributed by atoms with van der Waals surface area (Å²) in [6.07, 6.45) is 1.69. The summed E-state index contributed by atoms with van der Waals surface area (Å²) in [7, 11) is 4.07. The van der Waals surface area contributed by atoms with Crippen LogP contribution in [0.25, 0.3) is 0 Å². The van der Waals surface area contributed by atoms with Crippen molar-refractivity contribution in [1.29, 1.82) is 0 Å². The lowest BCUT2D eigenvalue weighted by molar-refractivity contribution is 0.261. The summed E-state index contributed by atoms with van der Waals surface area (Å²) in [4.78, 5) is 2.10. The zero-order valence-corrected chi connectivity index (χ0v) is 12.3. The summed E-state index contributed by atoms with van der Waals surface area (Å²) < 4.78 is 11.1. The highest BCUT2D eigenvalue weighted by molar-refractivity contribution is 5.49. The molecule has 0 spiro atoms. The minimum absolute atomic E-state index is 0.127. The van der Waals surface area contributed by atoms with Gasteiger partial charge in [-0.2, -0.15) is 0 Å². The van der Waals surface area contributed by atoms with Crippen LogP contribution >= 0.6 is 0 Å². The first-order valence-corrected chi connectivity index (χ1v) is 6.82. The molecular weight excluding hydrogens is 252 g/mol. The Morgan fingerprint density at radius 2 is 2.10 bits per heavy atom. The lowest BCUT2D eigenvalue weighted by atomic mass is 10.2. The van der Waals surface area contributed by atoms with Crippen LogP contribution in [-0.2, 0) is 0 Å². The third-order valence-corrected chi connectivity index (χ3v) is 2.99. The zero-order valence-electron chi connectivity index (χ0n) is 12.3. The number of benzene rings is 1. The van der Waals surface area contributed by atoms with Crippen LogP contribution in [0, 0.1) is 0 Å². The van der Waals surface area contributed by atoms with Gasteiger partial charge in [0.25, 0.3) is 0 Å². The molecule has 1 unspecified atom stereocenters. The Kier molecular flexibility index (Phi) is 5.07. The van der Waals surface area contributed by atoms with Gasteiger partial charge in [0.1, 0.15) is 18.1 Å². The van der Waals surface area contributed by atoms with E-state index < -0.39 is 0 Å². The van der Waals surface area contributed by atoms with E-state index in [2.05, 4.69) is 17.1 Å². The fourth-order valence-corrected chi connectivity index (χ4v) is 1.88. The zero-order chi connectivity index (χ0) is 14.4. The summed E-state index contributed by atoms with van der Waals surface area (Å²) in [5, 5.41) is 3.40. The number of ether oxygens (including phenoxy) is 1. The molecule has 0 aliphatic carbocycles. The average molecular weight is 274 g/mol. The molecule has 0 aliphatic heterocycles. The van der Waals surface area contributed by atoms with Crippen LogP contribution in [0.2, 0.25) is 0 Å². The molecular formula is C16H22N2O2. The maximum absolute atomic E-state index is 5.72. The smallest absolute Gasteiger partial charge is 0.125 e. The predicted octanol–water partition coefficient (Wildman–Crippen LogP) is 3.39. The van der Waals surface area contributed by atoms with Gasteiger partial charge < -0.3 is 19.4 Å². The van der Waals surface area contributed by atoms with Gasteiger partial charge in [-0.1, -0.05) is 6.07 Å². The van der Waals surface area contributed by atoms with Crippen molar-refractivity contribution in [1.82, 2.24) is 4.90 Å². The fourth-order valence-electron chi connectivity index (χ4n) is 1.88. The fraction of sp³-hybridized carbons (Fsp3) is 0.375. The molecule has 0 fully saturated rings. The van der Waals surface area contributed by atoms with Crippen molar-refractivity contribution in [2.75, 3.05) is 32.6 Å². The molecule has 1 heterocycles. The second-order valence-electron chi connectivity index (χ2n) is 5.06. The van der Waals surface area contributed by atoms with Gasteiger partial charge in [0.2, 0.25) is 0 Å². The first-order valence-electron chi connectivity index (χ1n) is 6.82. The number of hydrogen-bond donors (Lipinski definition) is 1. The normalized spacial score (nSPS) is 12.4. The van der Waals surface area contributed by atoms with Crippen molar-refractivity contribution in [3.63, 3.8) is 0 Å². The number of rotatable bonds is 7. The molecule has 0 radical (unpaired) electrons. The van der Waals surface area contributed by atoms with Crippen molar-refractivity contribution in [2.24, 2.45) is 0 Å². The quantitative estimate of drug-likeness (QED) is 0.839. The molecule has 2 aromatic rings. The van der Waals surface area contributed by atoms with Crippen molar-refractivity contribution in [2.45, 2.75) is 13.0 Å². The van der Waals surface area contributed by atoms with Gasteiger partial charge in [0, 0.05) is 18.3 Å². The molecule has 4 heteroatoms. The number of likely N-dealkylation sites (N-methyl/N-ethyl adjacent to an activating group) is 1. The van der Waals surface area contributed by atoms with Crippen LogP contribution in [0.3, 0.4) is 0 Å². The van der Waals surface area contributed by atoms with Crippen LogP contribution in [0.5, 0.6) is 5.75 Å². The molecule has 108 valence electrons. The Morgan fingerprint density at radius 3 is 2.80 bits per heavy atom. The van der Waals surface area contributed by atoms with Crippen LogP contribution in [0.1, 0.15) is 18.7 Å². The summed E-state index contributed by atoms with van der Waals surface area (Å²) in [6, 6.07) is 12.0. The van der Waals surface area contributed by atoms with E-state index in [9.17, 15) is 0 Å². The number of furan rings is 1. The van der Waals surface area contributed by atoms with Crippen molar-refractivity contribution >= 4 is 5.69 Å².